The fourth-order valence-electron chi connectivity index (χ4n) is 2.03. The predicted molar refractivity (Wildman–Crippen MR) is 76.1 cm³/mol. The highest BCUT2D eigenvalue weighted by molar-refractivity contribution is 5.63. The van der Waals surface area contributed by atoms with E-state index in [1.54, 1.807) is 12.3 Å². The first-order valence-corrected chi connectivity index (χ1v) is 6.38. The molecule has 4 heteroatoms. The number of hydrogen-bond donors (Lipinski definition) is 1. The third-order valence-electron chi connectivity index (χ3n) is 2.99. The van der Waals surface area contributed by atoms with Gasteiger partial charge in [-0.1, -0.05) is 18.2 Å². The SMILES string of the molecule is Cc1ccccc1N(CCCN)c1ncccc1F. The Morgan fingerprint density at radius 1 is 1.21 bits per heavy atom. The van der Waals surface area contributed by atoms with Gasteiger partial charge in [0.2, 0.25) is 0 Å². The molecule has 0 saturated carbocycles. The van der Waals surface area contributed by atoms with Crippen molar-refractivity contribution in [3.8, 4) is 0 Å². The van der Waals surface area contributed by atoms with Gasteiger partial charge in [-0.3, -0.25) is 0 Å². The van der Waals surface area contributed by atoms with E-state index in [1.165, 1.54) is 6.07 Å². The van der Waals surface area contributed by atoms with E-state index in [0.717, 1.165) is 17.7 Å². The number of anilines is 2. The van der Waals surface area contributed by atoms with Gasteiger partial charge in [0.05, 0.1) is 0 Å². The summed E-state index contributed by atoms with van der Waals surface area (Å²) in [6, 6.07) is 10.9. The van der Waals surface area contributed by atoms with Crippen LogP contribution in [-0.4, -0.2) is 18.1 Å². The number of benzene rings is 1. The normalized spacial score (nSPS) is 10.5. The number of hydrogen-bond acceptors (Lipinski definition) is 3. The van der Waals surface area contributed by atoms with E-state index >= 15 is 0 Å². The summed E-state index contributed by atoms with van der Waals surface area (Å²) < 4.78 is 13.9. The standard InChI is InChI=1S/C15H18FN3/c1-12-6-2-3-8-14(12)19(11-5-9-17)15-13(16)7-4-10-18-15/h2-4,6-8,10H,5,9,11,17H2,1H3. The minimum absolute atomic E-state index is 0.317. The van der Waals surface area contributed by atoms with Crippen LogP contribution in [0.1, 0.15) is 12.0 Å². The number of nitrogens with two attached hydrogens (primary N) is 1. The van der Waals surface area contributed by atoms with E-state index in [0.29, 0.717) is 18.9 Å². The van der Waals surface area contributed by atoms with Crippen molar-refractivity contribution >= 4 is 11.5 Å². The van der Waals surface area contributed by atoms with Crippen LogP contribution >= 0.6 is 0 Å². The minimum atomic E-state index is -0.317. The van der Waals surface area contributed by atoms with E-state index < -0.39 is 0 Å². The van der Waals surface area contributed by atoms with Crippen LogP contribution in [0, 0.1) is 12.7 Å². The van der Waals surface area contributed by atoms with Crippen LogP contribution in [0.2, 0.25) is 0 Å². The molecular weight excluding hydrogens is 241 g/mol. The molecule has 0 bridgehead atoms. The first kappa shape index (κ1) is 13.5. The first-order valence-electron chi connectivity index (χ1n) is 6.38. The van der Waals surface area contributed by atoms with E-state index in [2.05, 4.69) is 4.98 Å². The van der Waals surface area contributed by atoms with Crippen molar-refractivity contribution in [1.29, 1.82) is 0 Å². The summed E-state index contributed by atoms with van der Waals surface area (Å²) in [5.74, 6) is 0.0352. The second kappa shape index (κ2) is 6.29. The van der Waals surface area contributed by atoms with Gasteiger partial charge in [-0.15, -0.1) is 0 Å². The van der Waals surface area contributed by atoms with Gasteiger partial charge in [-0.2, -0.15) is 0 Å². The third kappa shape index (κ3) is 3.09. The number of aryl methyl sites for hydroxylation is 1. The summed E-state index contributed by atoms with van der Waals surface area (Å²) in [6.07, 6.45) is 2.39. The molecule has 0 spiro atoms. The summed E-state index contributed by atoms with van der Waals surface area (Å²) >= 11 is 0. The Morgan fingerprint density at radius 2 is 2.00 bits per heavy atom. The first-order chi connectivity index (χ1) is 9.24. The van der Waals surface area contributed by atoms with Crippen LogP contribution in [0.4, 0.5) is 15.9 Å². The van der Waals surface area contributed by atoms with Crippen LogP contribution in [0.5, 0.6) is 0 Å². The zero-order valence-electron chi connectivity index (χ0n) is 11.0. The van der Waals surface area contributed by atoms with Gasteiger partial charge in [-0.25, -0.2) is 9.37 Å². The van der Waals surface area contributed by atoms with Crippen molar-refractivity contribution in [1.82, 2.24) is 4.98 Å². The van der Waals surface area contributed by atoms with Crippen molar-refractivity contribution in [2.45, 2.75) is 13.3 Å². The van der Waals surface area contributed by atoms with Gasteiger partial charge < -0.3 is 10.6 Å². The summed E-state index contributed by atoms with van der Waals surface area (Å²) in [7, 11) is 0. The zero-order chi connectivity index (χ0) is 13.7. The quantitative estimate of drug-likeness (QED) is 0.897. The van der Waals surface area contributed by atoms with Gasteiger partial charge in [0.15, 0.2) is 11.6 Å². The monoisotopic (exact) mass is 259 g/mol. The predicted octanol–water partition coefficient (Wildman–Crippen LogP) is 3.02. The number of pyridine rings is 1. The molecule has 1 aromatic carbocycles. The third-order valence-corrected chi connectivity index (χ3v) is 2.99. The Bertz CT molecular complexity index is 497. The zero-order valence-corrected chi connectivity index (χ0v) is 11.0. The lowest BCUT2D eigenvalue weighted by atomic mass is 10.1. The highest BCUT2D eigenvalue weighted by Gasteiger charge is 2.15. The fraction of sp³-hybridized carbons (Fsp3) is 0.267. The van der Waals surface area contributed by atoms with E-state index in [1.807, 2.05) is 36.1 Å². The van der Waals surface area contributed by atoms with Gasteiger partial charge in [0.25, 0.3) is 0 Å². The maximum absolute atomic E-state index is 13.9. The van der Waals surface area contributed by atoms with Crippen LogP contribution in [0.15, 0.2) is 42.6 Å². The number of halogens is 1. The maximum atomic E-state index is 13.9. The van der Waals surface area contributed by atoms with Gasteiger partial charge in [-0.05, 0) is 43.7 Å². The van der Waals surface area contributed by atoms with E-state index in [-0.39, 0.29) is 5.82 Å². The van der Waals surface area contributed by atoms with Gasteiger partial charge in [0, 0.05) is 18.4 Å². The molecule has 3 nitrogen and oxygen atoms in total. The molecule has 1 heterocycles. The molecule has 0 fully saturated rings. The molecule has 0 aliphatic carbocycles. The average molecular weight is 259 g/mol. The molecule has 1 aromatic heterocycles. The van der Waals surface area contributed by atoms with Gasteiger partial charge in [0.1, 0.15) is 0 Å². The Kier molecular flexibility index (Phi) is 4.47. The Hall–Kier alpha value is -1.94. The van der Waals surface area contributed by atoms with Crippen LogP contribution in [-0.2, 0) is 0 Å². The molecule has 19 heavy (non-hydrogen) atoms. The molecule has 2 rings (SSSR count). The Labute approximate surface area is 112 Å². The number of aromatic nitrogens is 1. The molecule has 2 N–H and O–H groups in total. The number of para-hydroxylation sites is 1. The maximum Gasteiger partial charge on any atom is 0.169 e. The van der Waals surface area contributed by atoms with Crippen molar-refractivity contribution < 1.29 is 4.39 Å². The summed E-state index contributed by atoms with van der Waals surface area (Å²) in [4.78, 5) is 6.05. The number of nitrogens with zero attached hydrogens (tertiary/aromatic N) is 2. The number of rotatable bonds is 5. The molecule has 100 valence electrons. The van der Waals surface area contributed by atoms with Gasteiger partial charge >= 0.3 is 0 Å². The van der Waals surface area contributed by atoms with Crippen molar-refractivity contribution in [2.75, 3.05) is 18.0 Å². The molecule has 0 aliphatic rings. The molecule has 0 unspecified atom stereocenters. The molecule has 0 amide bonds. The van der Waals surface area contributed by atoms with E-state index in [4.69, 9.17) is 5.73 Å². The second-order valence-corrected chi connectivity index (χ2v) is 4.39. The fourth-order valence-corrected chi connectivity index (χ4v) is 2.03. The van der Waals surface area contributed by atoms with Crippen LogP contribution < -0.4 is 10.6 Å². The topological polar surface area (TPSA) is 42.1 Å². The lowest BCUT2D eigenvalue weighted by molar-refractivity contribution is 0.616. The molecule has 0 radical (unpaired) electrons. The molecule has 0 aliphatic heterocycles. The minimum Gasteiger partial charge on any atom is -0.330 e. The average Bonchev–Trinajstić information content (AvgIpc) is 2.42. The smallest absolute Gasteiger partial charge is 0.169 e. The summed E-state index contributed by atoms with van der Waals surface area (Å²) in [5.41, 5.74) is 7.62. The highest BCUT2D eigenvalue weighted by Crippen LogP contribution is 2.28. The Morgan fingerprint density at radius 3 is 2.68 bits per heavy atom. The molecular formula is C15H18FN3. The summed E-state index contributed by atoms with van der Waals surface area (Å²) in [6.45, 7) is 3.22. The molecule has 2 aromatic rings. The van der Waals surface area contributed by atoms with Crippen molar-refractivity contribution in [2.24, 2.45) is 5.73 Å². The molecule has 0 saturated heterocycles. The second-order valence-electron chi connectivity index (χ2n) is 4.39. The van der Waals surface area contributed by atoms with E-state index in [9.17, 15) is 4.39 Å². The largest absolute Gasteiger partial charge is 0.330 e. The van der Waals surface area contributed by atoms with Crippen LogP contribution in [0.3, 0.4) is 0 Å². The molecule has 0 atom stereocenters. The lowest BCUT2D eigenvalue weighted by Crippen LogP contribution is -2.23. The lowest BCUT2D eigenvalue weighted by Gasteiger charge is -2.25. The van der Waals surface area contributed by atoms with Crippen molar-refractivity contribution in [3.63, 3.8) is 0 Å². The van der Waals surface area contributed by atoms with Crippen molar-refractivity contribution in [3.05, 3.63) is 54.0 Å². The van der Waals surface area contributed by atoms with Crippen LogP contribution in [0.25, 0.3) is 0 Å². The Balaban J connectivity index is 2.42. The highest BCUT2D eigenvalue weighted by atomic mass is 19.1. The summed E-state index contributed by atoms with van der Waals surface area (Å²) in [5, 5.41) is 0.